The summed E-state index contributed by atoms with van der Waals surface area (Å²) in [5, 5.41) is 11.2. The van der Waals surface area contributed by atoms with Crippen molar-refractivity contribution in [1.29, 1.82) is 0 Å². The van der Waals surface area contributed by atoms with Crippen LogP contribution in [-0.4, -0.2) is 96.4 Å². The van der Waals surface area contributed by atoms with Crippen molar-refractivity contribution in [1.82, 2.24) is 10.2 Å². The molecular formula is C28H52N2O11. The van der Waals surface area contributed by atoms with Gasteiger partial charge in [0.15, 0.2) is 0 Å². The number of nitrogens with one attached hydrogen (secondary N) is 1. The maximum Gasteiger partial charge on any atom is 0.317 e. The third-order valence-corrected chi connectivity index (χ3v) is 4.45. The number of hydrogen-bond acceptors (Lipinski definition) is 11. The molecule has 0 fully saturated rings. The fourth-order valence-electron chi connectivity index (χ4n) is 2.81. The van der Waals surface area contributed by atoms with Crippen molar-refractivity contribution in [3.05, 3.63) is 0 Å². The Morgan fingerprint density at radius 2 is 1.02 bits per heavy atom. The van der Waals surface area contributed by atoms with Crippen LogP contribution in [0.25, 0.3) is 0 Å². The molecule has 240 valence electrons. The van der Waals surface area contributed by atoms with Gasteiger partial charge in [0.05, 0.1) is 39.3 Å². The first kappa shape index (κ1) is 42.2. The van der Waals surface area contributed by atoms with E-state index in [9.17, 15) is 28.8 Å². The van der Waals surface area contributed by atoms with Gasteiger partial charge in [0.1, 0.15) is 12.8 Å². The van der Waals surface area contributed by atoms with Crippen molar-refractivity contribution in [2.45, 2.75) is 106 Å². The van der Waals surface area contributed by atoms with Crippen LogP contribution < -0.4 is 5.32 Å². The number of carboxylic acids is 1. The Labute approximate surface area is 244 Å². The molecule has 0 aliphatic rings. The second-order valence-corrected chi connectivity index (χ2v) is 10.4. The van der Waals surface area contributed by atoms with Crippen LogP contribution in [0.1, 0.15) is 94.9 Å². The second kappa shape index (κ2) is 23.5. The molecule has 0 spiro atoms. The van der Waals surface area contributed by atoms with Gasteiger partial charge >= 0.3 is 29.8 Å². The summed E-state index contributed by atoms with van der Waals surface area (Å²) >= 11 is 0. The summed E-state index contributed by atoms with van der Waals surface area (Å²) < 4.78 is 18.7. The van der Waals surface area contributed by atoms with Crippen molar-refractivity contribution >= 4 is 35.8 Å². The predicted octanol–water partition coefficient (Wildman–Crippen LogP) is 2.87. The number of esters is 4. The molecule has 0 rings (SSSR count). The molecule has 0 saturated carbocycles. The Balaban J connectivity index is -0.000000583. The number of ether oxygens (including phenoxy) is 4. The number of aliphatic carboxylic acids is 1. The number of hydrogen-bond donors (Lipinski definition) is 2. The van der Waals surface area contributed by atoms with E-state index in [1.165, 1.54) is 4.90 Å². The summed E-state index contributed by atoms with van der Waals surface area (Å²) in [7, 11) is 0. The molecule has 0 heterocycles. The largest absolute Gasteiger partial charge is 0.481 e. The first-order chi connectivity index (χ1) is 18.8. The summed E-state index contributed by atoms with van der Waals surface area (Å²) in [4.78, 5) is 67.3. The third kappa shape index (κ3) is 29.6. The highest BCUT2D eigenvalue weighted by Crippen LogP contribution is 2.16. The molecule has 0 aromatic carbocycles. The number of amides is 1. The first-order valence-corrected chi connectivity index (χ1v) is 13.7. The van der Waals surface area contributed by atoms with E-state index in [-0.39, 0.29) is 56.0 Å². The first-order valence-electron chi connectivity index (χ1n) is 13.7. The minimum absolute atomic E-state index is 0.0759. The Morgan fingerprint density at radius 1 is 0.634 bits per heavy atom. The van der Waals surface area contributed by atoms with Crippen molar-refractivity contribution in [3.63, 3.8) is 0 Å². The fraction of sp³-hybridized carbons (Fsp3) is 0.786. The van der Waals surface area contributed by atoms with Crippen molar-refractivity contribution in [2.75, 3.05) is 39.5 Å². The maximum absolute atomic E-state index is 12.1. The van der Waals surface area contributed by atoms with Gasteiger partial charge in [-0.2, -0.15) is 0 Å². The molecule has 0 bridgehead atoms. The molecule has 0 atom stereocenters. The maximum atomic E-state index is 12.1. The zero-order valence-corrected chi connectivity index (χ0v) is 26.5. The normalized spacial score (nSPS) is 10.5. The molecular weight excluding hydrogens is 540 g/mol. The lowest BCUT2D eigenvalue weighted by Gasteiger charge is -2.35. The van der Waals surface area contributed by atoms with E-state index in [0.29, 0.717) is 26.2 Å². The van der Waals surface area contributed by atoms with E-state index < -0.39 is 29.9 Å². The molecule has 13 nitrogen and oxygen atoms in total. The smallest absolute Gasteiger partial charge is 0.317 e. The van der Waals surface area contributed by atoms with E-state index >= 15 is 0 Å². The number of carbonyl (C=O) groups excluding carboxylic acids is 5. The molecule has 0 saturated heterocycles. The van der Waals surface area contributed by atoms with E-state index in [2.05, 4.69) is 30.8 Å². The molecule has 0 aliphatic carbocycles. The summed E-state index contributed by atoms with van der Waals surface area (Å²) in [5.74, 6) is -3.23. The lowest BCUT2D eigenvalue weighted by Crippen LogP contribution is -2.47. The van der Waals surface area contributed by atoms with E-state index in [1.54, 1.807) is 20.8 Å². The van der Waals surface area contributed by atoms with Crippen LogP contribution in [0.4, 0.5) is 0 Å². The topological polar surface area (TPSA) is 175 Å². The molecule has 1 amide bonds. The Hall–Kier alpha value is -3.22. The monoisotopic (exact) mass is 592 g/mol. The van der Waals surface area contributed by atoms with Crippen LogP contribution in [0.5, 0.6) is 0 Å². The zero-order valence-electron chi connectivity index (χ0n) is 26.5. The highest BCUT2D eigenvalue weighted by atomic mass is 16.5. The molecule has 13 heteroatoms. The SMILES string of the molecule is CCOC(=O)CC(=O)O.CCOC(=O)CCN(C(=O)CC(=O)OCC)C(C)(C)C.CCOC(=O)CCNC(C)(C)C. The number of carboxylic acid groups (broad SMARTS) is 1. The van der Waals surface area contributed by atoms with Crippen LogP contribution in [0, 0.1) is 0 Å². The average molecular weight is 593 g/mol. The Morgan fingerprint density at radius 3 is 1.39 bits per heavy atom. The van der Waals surface area contributed by atoms with Gasteiger partial charge in [-0.05, 0) is 69.2 Å². The van der Waals surface area contributed by atoms with Gasteiger partial charge in [0.25, 0.3) is 0 Å². The molecule has 0 radical (unpaired) electrons. The van der Waals surface area contributed by atoms with Crippen LogP contribution in [0.3, 0.4) is 0 Å². The van der Waals surface area contributed by atoms with Gasteiger partial charge in [-0.25, -0.2) is 0 Å². The fourth-order valence-corrected chi connectivity index (χ4v) is 2.81. The third-order valence-electron chi connectivity index (χ3n) is 4.45. The van der Waals surface area contributed by atoms with Gasteiger partial charge < -0.3 is 34.3 Å². The van der Waals surface area contributed by atoms with Gasteiger partial charge in [-0.1, -0.05) is 0 Å². The predicted molar refractivity (Wildman–Crippen MR) is 152 cm³/mol. The summed E-state index contributed by atoms with van der Waals surface area (Å²) in [6.45, 7) is 20.8. The quantitative estimate of drug-likeness (QED) is 0.172. The summed E-state index contributed by atoms with van der Waals surface area (Å²) in [5.41, 5.74) is -0.400. The van der Waals surface area contributed by atoms with Gasteiger partial charge in [-0.3, -0.25) is 28.8 Å². The second-order valence-electron chi connectivity index (χ2n) is 10.4. The number of rotatable bonds is 14. The lowest BCUT2D eigenvalue weighted by atomic mass is 10.0. The molecule has 41 heavy (non-hydrogen) atoms. The zero-order chi connectivity index (χ0) is 32.6. The number of carbonyl (C=O) groups is 6. The Kier molecular flexibility index (Phi) is 24.2. The van der Waals surface area contributed by atoms with Crippen LogP contribution in [0.15, 0.2) is 0 Å². The lowest BCUT2D eigenvalue weighted by molar-refractivity contribution is -0.153. The standard InChI is InChI=1S/C14H25NO5.C9H19NO2.C5H8O4/c1-6-19-12(17)8-9-15(14(3,4)5)11(16)10-13(18)20-7-2;1-5-12-8(11)6-7-10-9(2,3)4;1-2-9-5(8)3-4(6)7/h6-10H2,1-5H3;10H,5-7H2,1-4H3;2-3H2,1H3,(H,6,7). The minimum Gasteiger partial charge on any atom is -0.481 e. The molecule has 0 aromatic rings. The van der Waals surface area contributed by atoms with Gasteiger partial charge in [0.2, 0.25) is 5.91 Å². The van der Waals surface area contributed by atoms with Crippen molar-refractivity contribution in [2.24, 2.45) is 0 Å². The highest BCUT2D eigenvalue weighted by Gasteiger charge is 2.28. The van der Waals surface area contributed by atoms with Gasteiger partial charge in [0, 0.05) is 24.2 Å². The van der Waals surface area contributed by atoms with Crippen LogP contribution >= 0.6 is 0 Å². The molecule has 0 unspecified atom stereocenters. The average Bonchev–Trinajstić information content (AvgIpc) is 2.78. The number of nitrogens with zero attached hydrogens (tertiary/aromatic N) is 1. The Bertz CT molecular complexity index is 800. The van der Waals surface area contributed by atoms with Crippen molar-refractivity contribution in [3.8, 4) is 0 Å². The minimum atomic E-state index is -1.16. The van der Waals surface area contributed by atoms with Crippen LogP contribution in [0.2, 0.25) is 0 Å². The van der Waals surface area contributed by atoms with Crippen molar-refractivity contribution < 1.29 is 52.8 Å². The molecule has 2 N–H and O–H groups in total. The summed E-state index contributed by atoms with van der Waals surface area (Å²) in [6, 6.07) is 0. The summed E-state index contributed by atoms with van der Waals surface area (Å²) in [6.07, 6.45) is -0.299. The van der Waals surface area contributed by atoms with E-state index in [4.69, 9.17) is 19.3 Å². The van der Waals surface area contributed by atoms with Gasteiger partial charge in [-0.15, -0.1) is 0 Å². The molecule has 0 aromatic heterocycles. The highest BCUT2D eigenvalue weighted by molar-refractivity contribution is 5.94. The van der Waals surface area contributed by atoms with Crippen LogP contribution in [-0.2, 0) is 47.7 Å². The van der Waals surface area contributed by atoms with E-state index in [0.717, 1.165) is 0 Å². The molecule has 0 aliphatic heterocycles. The van der Waals surface area contributed by atoms with E-state index in [1.807, 2.05) is 27.7 Å².